The first-order chi connectivity index (χ1) is 10.8. The summed E-state index contributed by atoms with van der Waals surface area (Å²) in [5.74, 6) is -0.125. The Kier molecular flexibility index (Phi) is 7.81. The molecule has 1 amide bonds. The van der Waals surface area contributed by atoms with Crippen LogP contribution in [0, 0.1) is 0 Å². The topological polar surface area (TPSA) is 75.7 Å². The highest BCUT2D eigenvalue weighted by Gasteiger charge is 2.26. The van der Waals surface area contributed by atoms with E-state index in [0.29, 0.717) is 13.2 Å². The maximum Gasteiger partial charge on any atom is 0.247 e. The quantitative estimate of drug-likeness (QED) is 0.684. The molecule has 130 valence electrons. The molecule has 0 bridgehead atoms. The molecule has 0 radical (unpaired) electrons. The summed E-state index contributed by atoms with van der Waals surface area (Å²) in [5.41, 5.74) is 0. The first kappa shape index (κ1) is 19.7. The van der Waals surface area contributed by atoms with Crippen molar-refractivity contribution in [2.75, 3.05) is 26.7 Å². The first-order valence-electron chi connectivity index (χ1n) is 7.48. The zero-order chi connectivity index (χ0) is 17.5. The maximum absolute atomic E-state index is 12.7. The summed E-state index contributed by atoms with van der Waals surface area (Å²) in [6.07, 6.45) is 1.81. The van der Waals surface area contributed by atoms with E-state index in [2.05, 4.69) is 5.32 Å². The lowest BCUT2D eigenvalue weighted by Crippen LogP contribution is -2.38. The predicted octanol–water partition coefficient (Wildman–Crippen LogP) is 2.28. The van der Waals surface area contributed by atoms with Crippen LogP contribution in [-0.4, -0.2) is 45.4 Å². The van der Waals surface area contributed by atoms with E-state index in [1.165, 1.54) is 19.2 Å². The minimum Gasteiger partial charge on any atom is -0.492 e. The van der Waals surface area contributed by atoms with Crippen LogP contribution in [0.3, 0.4) is 0 Å². The third kappa shape index (κ3) is 5.67. The van der Waals surface area contributed by atoms with E-state index in [0.717, 1.165) is 17.1 Å². The molecule has 1 aromatic carbocycles. The number of carbonyl (C=O) groups is 1. The molecule has 0 heterocycles. The van der Waals surface area contributed by atoms with E-state index in [9.17, 15) is 13.2 Å². The van der Waals surface area contributed by atoms with E-state index in [-0.39, 0.29) is 28.1 Å². The number of rotatable bonds is 9. The Balaban J connectivity index is 2.93. The number of amides is 1. The molecule has 0 saturated heterocycles. The Hall–Kier alpha value is -1.31. The molecule has 6 nitrogen and oxygen atoms in total. The van der Waals surface area contributed by atoms with Gasteiger partial charge < -0.3 is 10.1 Å². The van der Waals surface area contributed by atoms with Gasteiger partial charge in [-0.2, -0.15) is 4.31 Å². The molecule has 1 rings (SSSR count). The van der Waals surface area contributed by atoms with E-state index in [4.69, 9.17) is 16.3 Å². The van der Waals surface area contributed by atoms with Gasteiger partial charge in [0.15, 0.2) is 0 Å². The zero-order valence-electron chi connectivity index (χ0n) is 13.6. The average Bonchev–Trinajstić information content (AvgIpc) is 2.49. The number of halogens is 1. The van der Waals surface area contributed by atoms with Gasteiger partial charge in [-0.15, -0.1) is 0 Å². The van der Waals surface area contributed by atoms with Gasteiger partial charge in [-0.3, -0.25) is 4.79 Å². The third-order valence-electron chi connectivity index (χ3n) is 3.11. The van der Waals surface area contributed by atoms with Crippen molar-refractivity contribution in [3.8, 4) is 5.75 Å². The smallest absolute Gasteiger partial charge is 0.247 e. The van der Waals surface area contributed by atoms with Crippen molar-refractivity contribution in [1.82, 2.24) is 9.62 Å². The maximum atomic E-state index is 12.7. The highest BCUT2D eigenvalue weighted by molar-refractivity contribution is 7.89. The molecule has 0 spiro atoms. The lowest BCUT2D eigenvalue weighted by Gasteiger charge is -2.19. The van der Waals surface area contributed by atoms with Gasteiger partial charge in [0.25, 0.3) is 0 Å². The van der Waals surface area contributed by atoms with Crippen LogP contribution in [0.4, 0.5) is 0 Å². The Labute approximate surface area is 142 Å². The lowest BCUT2D eigenvalue weighted by molar-refractivity contribution is -0.121. The monoisotopic (exact) mass is 362 g/mol. The van der Waals surface area contributed by atoms with Gasteiger partial charge in [0.05, 0.1) is 13.2 Å². The minimum absolute atomic E-state index is 0.0456. The van der Waals surface area contributed by atoms with Crippen molar-refractivity contribution in [3.63, 3.8) is 0 Å². The first-order valence-corrected chi connectivity index (χ1v) is 9.30. The number of benzene rings is 1. The van der Waals surface area contributed by atoms with Crippen LogP contribution in [-0.2, 0) is 14.8 Å². The van der Waals surface area contributed by atoms with E-state index in [1.807, 2.05) is 6.92 Å². The molecule has 0 aliphatic carbocycles. The van der Waals surface area contributed by atoms with Gasteiger partial charge >= 0.3 is 0 Å². The second-order valence-corrected chi connectivity index (χ2v) is 7.44. The zero-order valence-corrected chi connectivity index (χ0v) is 15.2. The highest BCUT2D eigenvalue weighted by Crippen LogP contribution is 2.29. The van der Waals surface area contributed by atoms with Crippen molar-refractivity contribution < 1.29 is 17.9 Å². The van der Waals surface area contributed by atoms with Gasteiger partial charge in [-0.1, -0.05) is 24.9 Å². The third-order valence-corrected chi connectivity index (χ3v) is 5.17. The molecule has 0 fully saturated rings. The summed E-state index contributed by atoms with van der Waals surface area (Å²) in [4.78, 5) is 11.8. The van der Waals surface area contributed by atoms with E-state index < -0.39 is 10.0 Å². The molecular weight excluding hydrogens is 340 g/mol. The van der Waals surface area contributed by atoms with E-state index >= 15 is 0 Å². The number of nitrogens with zero attached hydrogens (tertiary/aromatic N) is 1. The number of sulfonamides is 1. The van der Waals surface area contributed by atoms with Crippen LogP contribution in [0.5, 0.6) is 5.75 Å². The van der Waals surface area contributed by atoms with Crippen molar-refractivity contribution in [2.45, 2.75) is 31.6 Å². The Morgan fingerprint density at radius 2 is 2.04 bits per heavy atom. The largest absolute Gasteiger partial charge is 0.492 e. The lowest BCUT2D eigenvalue weighted by atomic mass is 10.3. The Morgan fingerprint density at radius 1 is 1.35 bits per heavy atom. The summed E-state index contributed by atoms with van der Waals surface area (Å²) in [6, 6.07) is 4.39. The molecule has 8 heteroatoms. The summed E-state index contributed by atoms with van der Waals surface area (Å²) < 4.78 is 31.6. The number of unbranched alkanes of at least 4 members (excludes halogenated alkanes) is 1. The fraction of sp³-hybridized carbons (Fsp3) is 0.533. The highest BCUT2D eigenvalue weighted by atomic mass is 35.5. The minimum atomic E-state index is -3.88. The molecule has 0 aliphatic rings. The van der Waals surface area contributed by atoms with Gasteiger partial charge in [-0.25, -0.2) is 8.42 Å². The summed E-state index contributed by atoms with van der Waals surface area (Å²) in [7, 11) is -2.52. The normalized spacial score (nSPS) is 11.5. The van der Waals surface area contributed by atoms with E-state index in [1.54, 1.807) is 13.0 Å². The number of carbonyl (C=O) groups excluding carboxylic acids is 1. The van der Waals surface area contributed by atoms with Crippen LogP contribution in [0.2, 0.25) is 5.02 Å². The summed E-state index contributed by atoms with van der Waals surface area (Å²) in [5, 5.41) is 2.97. The molecule has 0 aromatic heterocycles. The fourth-order valence-corrected chi connectivity index (χ4v) is 3.39. The fourth-order valence-electron chi connectivity index (χ4n) is 1.87. The van der Waals surface area contributed by atoms with Gasteiger partial charge in [0.1, 0.15) is 10.6 Å². The molecule has 23 heavy (non-hydrogen) atoms. The van der Waals surface area contributed by atoms with Crippen LogP contribution in [0.15, 0.2) is 23.1 Å². The van der Waals surface area contributed by atoms with Crippen LogP contribution < -0.4 is 10.1 Å². The molecule has 1 aromatic rings. The Bertz CT molecular complexity index is 634. The van der Waals surface area contributed by atoms with Crippen molar-refractivity contribution >= 4 is 27.5 Å². The summed E-state index contributed by atoms with van der Waals surface area (Å²) in [6.45, 7) is 4.37. The van der Waals surface area contributed by atoms with Crippen molar-refractivity contribution in [3.05, 3.63) is 23.2 Å². The Morgan fingerprint density at radius 3 is 2.65 bits per heavy atom. The van der Waals surface area contributed by atoms with Crippen molar-refractivity contribution in [2.24, 2.45) is 0 Å². The molecular formula is C15H23ClN2O4S. The second-order valence-electron chi connectivity index (χ2n) is 4.99. The van der Waals surface area contributed by atoms with Crippen LogP contribution in [0.1, 0.15) is 26.7 Å². The van der Waals surface area contributed by atoms with Gasteiger partial charge in [0.2, 0.25) is 15.9 Å². The van der Waals surface area contributed by atoms with Crippen LogP contribution >= 0.6 is 11.6 Å². The molecule has 0 atom stereocenters. The SMILES string of the molecule is CCCCNC(=O)CN(C)S(=O)(=O)c1cc(Cl)ccc1OCC. The van der Waals surface area contributed by atoms with Gasteiger partial charge in [-0.05, 0) is 31.5 Å². The molecule has 0 saturated carbocycles. The van der Waals surface area contributed by atoms with Crippen molar-refractivity contribution in [1.29, 1.82) is 0 Å². The number of ether oxygens (including phenoxy) is 1. The molecule has 1 N–H and O–H groups in total. The van der Waals surface area contributed by atoms with Gasteiger partial charge in [0, 0.05) is 18.6 Å². The average molecular weight is 363 g/mol. The standard InChI is InChI=1S/C15H23ClN2O4S/c1-4-6-9-17-15(19)11-18(3)23(20,21)14-10-12(16)7-8-13(14)22-5-2/h7-8,10H,4-6,9,11H2,1-3H3,(H,17,19). The number of likely N-dealkylation sites (N-methyl/N-ethyl adjacent to an activating group) is 1. The number of nitrogens with one attached hydrogen (secondary N) is 1. The number of hydrogen-bond donors (Lipinski definition) is 1. The second kappa shape index (κ2) is 9.10. The summed E-state index contributed by atoms with van der Waals surface area (Å²) >= 11 is 5.90. The molecule has 0 unspecified atom stereocenters. The van der Waals surface area contributed by atoms with Crippen LogP contribution in [0.25, 0.3) is 0 Å². The predicted molar refractivity (Wildman–Crippen MR) is 90.4 cm³/mol. The molecule has 0 aliphatic heterocycles. The number of hydrogen-bond acceptors (Lipinski definition) is 4.